The summed E-state index contributed by atoms with van der Waals surface area (Å²) in [6.07, 6.45) is 6.08. The molecule has 1 aliphatic heterocycles. The van der Waals surface area contributed by atoms with Crippen molar-refractivity contribution < 1.29 is 0 Å². The van der Waals surface area contributed by atoms with Gasteiger partial charge >= 0.3 is 0 Å². The van der Waals surface area contributed by atoms with Crippen molar-refractivity contribution in [3.63, 3.8) is 0 Å². The van der Waals surface area contributed by atoms with Crippen LogP contribution in [0.3, 0.4) is 0 Å². The summed E-state index contributed by atoms with van der Waals surface area (Å²) in [7, 11) is 1.99. The molecule has 2 rings (SSSR count). The second kappa shape index (κ2) is 4.37. The van der Waals surface area contributed by atoms with E-state index in [4.69, 9.17) is 0 Å². The van der Waals surface area contributed by atoms with E-state index in [0.29, 0.717) is 6.04 Å². The van der Waals surface area contributed by atoms with E-state index in [-0.39, 0.29) is 0 Å². The van der Waals surface area contributed by atoms with Gasteiger partial charge in [0.1, 0.15) is 0 Å². The Morgan fingerprint density at radius 1 is 1.50 bits per heavy atom. The molecule has 0 aliphatic carbocycles. The van der Waals surface area contributed by atoms with Crippen LogP contribution in [0.25, 0.3) is 0 Å². The highest BCUT2D eigenvalue weighted by atomic mass is 15.3. The third kappa shape index (κ3) is 1.85. The first-order valence-corrected chi connectivity index (χ1v) is 5.10. The Kier molecular flexibility index (Phi) is 2.93. The van der Waals surface area contributed by atoms with E-state index < -0.39 is 0 Å². The topological polar surface area (TPSA) is 41.0 Å². The Labute approximate surface area is 84.4 Å². The molecule has 1 saturated heterocycles. The van der Waals surface area contributed by atoms with Crippen molar-refractivity contribution >= 4 is 5.95 Å². The largest absolute Gasteiger partial charge is 0.337 e. The highest BCUT2D eigenvalue weighted by Gasteiger charge is 2.25. The zero-order chi connectivity index (χ0) is 9.80. The van der Waals surface area contributed by atoms with Gasteiger partial charge in [-0.15, -0.1) is 0 Å². The van der Waals surface area contributed by atoms with Crippen molar-refractivity contribution in [2.75, 3.05) is 25.0 Å². The van der Waals surface area contributed by atoms with Crippen LogP contribution < -0.4 is 10.2 Å². The summed E-state index contributed by atoms with van der Waals surface area (Å²) in [4.78, 5) is 10.8. The summed E-state index contributed by atoms with van der Waals surface area (Å²) in [6.45, 7) is 2.09. The Hall–Kier alpha value is -1.16. The van der Waals surface area contributed by atoms with Gasteiger partial charge in [0, 0.05) is 31.5 Å². The van der Waals surface area contributed by atoms with Crippen LogP contribution in [0.1, 0.15) is 12.8 Å². The number of aromatic nitrogens is 2. The van der Waals surface area contributed by atoms with Crippen molar-refractivity contribution in [1.82, 2.24) is 15.3 Å². The maximum absolute atomic E-state index is 4.28. The number of nitrogens with one attached hydrogen (secondary N) is 1. The predicted octanol–water partition coefficient (Wildman–Crippen LogP) is 0.665. The first kappa shape index (κ1) is 9.40. The molecule has 1 unspecified atom stereocenters. The molecule has 1 N–H and O–H groups in total. The smallest absolute Gasteiger partial charge is 0.225 e. The van der Waals surface area contributed by atoms with Crippen molar-refractivity contribution in [1.29, 1.82) is 0 Å². The van der Waals surface area contributed by atoms with Crippen LogP contribution >= 0.6 is 0 Å². The summed E-state index contributed by atoms with van der Waals surface area (Å²) in [5, 5.41) is 3.21. The van der Waals surface area contributed by atoms with Crippen LogP contribution in [0.2, 0.25) is 0 Å². The molecule has 1 atom stereocenters. The highest BCUT2D eigenvalue weighted by Crippen LogP contribution is 2.20. The number of rotatable bonds is 3. The molecule has 14 heavy (non-hydrogen) atoms. The van der Waals surface area contributed by atoms with Gasteiger partial charge in [-0.3, -0.25) is 0 Å². The fourth-order valence-corrected chi connectivity index (χ4v) is 1.99. The van der Waals surface area contributed by atoms with E-state index in [1.807, 2.05) is 13.1 Å². The van der Waals surface area contributed by atoms with Gasteiger partial charge in [-0.2, -0.15) is 0 Å². The quantitative estimate of drug-likeness (QED) is 0.764. The summed E-state index contributed by atoms with van der Waals surface area (Å²) >= 11 is 0. The molecule has 1 aromatic heterocycles. The molecule has 1 aliphatic rings. The maximum atomic E-state index is 4.28. The van der Waals surface area contributed by atoms with Crippen molar-refractivity contribution in [3.05, 3.63) is 18.5 Å². The molecule has 4 nitrogen and oxygen atoms in total. The molecule has 0 saturated carbocycles. The van der Waals surface area contributed by atoms with Gasteiger partial charge in [0.25, 0.3) is 0 Å². The second-order valence-corrected chi connectivity index (χ2v) is 3.60. The summed E-state index contributed by atoms with van der Waals surface area (Å²) in [6, 6.07) is 2.41. The molecular weight excluding hydrogens is 176 g/mol. The van der Waals surface area contributed by atoms with Gasteiger partial charge in [-0.25, -0.2) is 9.97 Å². The molecule has 0 bridgehead atoms. The minimum Gasteiger partial charge on any atom is -0.337 e. The average Bonchev–Trinajstić information content (AvgIpc) is 2.68. The molecule has 1 aromatic rings. The lowest BCUT2D eigenvalue weighted by atomic mass is 10.2. The lowest BCUT2D eigenvalue weighted by Crippen LogP contribution is -2.37. The van der Waals surface area contributed by atoms with Crippen LogP contribution in [-0.4, -0.2) is 36.1 Å². The maximum Gasteiger partial charge on any atom is 0.225 e. The van der Waals surface area contributed by atoms with Gasteiger partial charge in [0.05, 0.1) is 0 Å². The van der Waals surface area contributed by atoms with Crippen LogP contribution in [0.4, 0.5) is 5.95 Å². The van der Waals surface area contributed by atoms with Gasteiger partial charge in [0.2, 0.25) is 5.95 Å². The molecule has 2 heterocycles. The average molecular weight is 192 g/mol. The number of likely N-dealkylation sites (N-methyl/N-ethyl adjacent to an activating group) is 1. The molecule has 0 radical (unpaired) electrons. The number of nitrogens with zero attached hydrogens (tertiary/aromatic N) is 3. The first-order chi connectivity index (χ1) is 6.92. The lowest BCUT2D eigenvalue weighted by molar-refractivity contribution is 0.607. The van der Waals surface area contributed by atoms with Crippen LogP contribution in [-0.2, 0) is 0 Å². The molecule has 76 valence electrons. The minimum atomic E-state index is 0.558. The molecule has 0 amide bonds. The van der Waals surface area contributed by atoms with Gasteiger partial charge in [-0.1, -0.05) is 0 Å². The van der Waals surface area contributed by atoms with E-state index in [0.717, 1.165) is 19.0 Å². The molecular formula is C10H16N4. The monoisotopic (exact) mass is 192 g/mol. The van der Waals surface area contributed by atoms with Gasteiger partial charge in [0.15, 0.2) is 0 Å². The van der Waals surface area contributed by atoms with Crippen molar-refractivity contribution in [2.45, 2.75) is 18.9 Å². The zero-order valence-corrected chi connectivity index (χ0v) is 8.48. The van der Waals surface area contributed by atoms with Crippen LogP contribution in [0.15, 0.2) is 18.5 Å². The molecule has 0 spiro atoms. The fraction of sp³-hybridized carbons (Fsp3) is 0.600. The van der Waals surface area contributed by atoms with Crippen molar-refractivity contribution in [3.8, 4) is 0 Å². The van der Waals surface area contributed by atoms with Crippen molar-refractivity contribution in [2.24, 2.45) is 0 Å². The van der Waals surface area contributed by atoms with E-state index >= 15 is 0 Å². The van der Waals surface area contributed by atoms with Gasteiger partial charge < -0.3 is 10.2 Å². The van der Waals surface area contributed by atoms with Gasteiger partial charge in [-0.05, 0) is 26.0 Å². The number of hydrogen-bond donors (Lipinski definition) is 1. The zero-order valence-electron chi connectivity index (χ0n) is 8.48. The normalized spacial score (nSPS) is 21.5. The van der Waals surface area contributed by atoms with Crippen LogP contribution in [0.5, 0.6) is 0 Å². The third-order valence-electron chi connectivity index (χ3n) is 2.63. The SMILES string of the molecule is CNCC1CCCN1c1ncccn1. The van der Waals surface area contributed by atoms with E-state index in [1.54, 1.807) is 12.4 Å². The Bertz CT molecular complexity index is 275. The molecule has 4 heteroatoms. The van der Waals surface area contributed by atoms with E-state index in [9.17, 15) is 0 Å². The standard InChI is InChI=1S/C10H16N4/c1-11-8-9-4-2-7-14(9)10-12-5-3-6-13-10/h3,5-6,9,11H,2,4,7-8H2,1H3. The Morgan fingerprint density at radius 2 is 2.29 bits per heavy atom. The summed E-state index contributed by atoms with van der Waals surface area (Å²) in [5.41, 5.74) is 0. The predicted molar refractivity (Wildman–Crippen MR) is 56.3 cm³/mol. The van der Waals surface area contributed by atoms with Crippen LogP contribution in [0, 0.1) is 0 Å². The fourth-order valence-electron chi connectivity index (χ4n) is 1.99. The lowest BCUT2D eigenvalue weighted by Gasteiger charge is -2.23. The van der Waals surface area contributed by atoms with E-state index in [2.05, 4.69) is 20.2 Å². The third-order valence-corrected chi connectivity index (χ3v) is 2.63. The number of anilines is 1. The second-order valence-electron chi connectivity index (χ2n) is 3.60. The first-order valence-electron chi connectivity index (χ1n) is 5.10. The highest BCUT2D eigenvalue weighted by molar-refractivity contribution is 5.32. The summed E-state index contributed by atoms with van der Waals surface area (Å²) < 4.78 is 0. The summed E-state index contributed by atoms with van der Waals surface area (Å²) in [5.74, 6) is 0.866. The molecule has 1 fully saturated rings. The van der Waals surface area contributed by atoms with E-state index in [1.165, 1.54) is 12.8 Å². The number of hydrogen-bond acceptors (Lipinski definition) is 4. The Balaban J connectivity index is 2.10. The Morgan fingerprint density at radius 3 is 3.00 bits per heavy atom. The molecule has 0 aromatic carbocycles. The minimum absolute atomic E-state index is 0.558.